The number of anilines is 1. The molecule has 0 amide bonds. The van der Waals surface area contributed by atoms with Crippen molar-refractivity contribution in [3.63, 3.8) is 0 Å². The normalized spacial score (nSPS) is 13.3. The van der Waals surface area contributed by atoms with Gasteiger partial charge in [0.1, 0.15) is 4.60 Å². The van der Waals surface area contributed by atoms with E-state index in [1.807, 2.05) is 16.8 Å². The fourth-order valence-electron chi connectivity index (χ4n) is 2.38. The zero-order chi connectivity index (χ0) is 14.7. The summed E-state index contributed by atoms with van der Waals surface area (Å²) in [6.45, 7) is 5.45. The standard InChI is InChI=1S/C14H22BrN5/c1-10(2)7-11(8-19(3)4)17-13-14-16-5-6-20(14)9-12(15)18-13/h5-6,9-11H,7-8H2,1-4H3,(H,17,18). The summed E-state index contributed by atoms with van der Waals surface area (Å²) in [5, 5.41) is 3.55. The van der Waals surface area contributed by atoms with Crippen molar-refractivity contribution >= 4 is 27.4 Å². The summed E-state index contributed by atoms with van der Waals surface area (Å²) in [6.07, 6.45) is 6.73. The number of aromatic nitrogens is 3. The van der Waals surface area contributed by atoms with Gasteiger partial charge in [-0.2, -0.15) is 0 Å². The number of rotatable bonds is 6. The predicted molar refractivity (Wildman–Crippen MR) is 86.1 cm³/mol. The maximum absolute atomic E-state index is 4.53. The quantitative estimate of drug-likeness (QED) is 0.878. The summed E-state index contributed by atoms with van der Waals surface area (Å²) in [6, 6.07) is 0.354. The highest BCUT2D eigenvalue weighted by Gasteiger charge is 2.15. The van der Waals surface area contributed by atoms with Gasteiger partial charge >= 0.3 is 0 Å². The van der Waals surface area contributed by atoms with Gasteiger partial charge in [0.15, 0.2) is 11.5 Å². The van der Waals surface area contributed by atoms with Crippen molar-refractivity contribution in [2.45, 2.75) is 26.3 Å². The number of nitrogens with zero attached hydrogens (tertiary/aromatic N) is 4. The van der Waals surface area contributed by atoms with Crippen molar-refractivity contribution in [2.75, 3.05) is 26.0 Å². The maximum Gasteiger partial charge on any atom is 0.180 e. The highest BCUT2D eigenvalue weighted by molar-refractivity contribution is 9.10. The lowest BCUT2D eigenvalue weighted by Crippen LogP contribution is -2.34. The number of nitrogens with one attached hydrogen (secondary N) is 1. The molecule has 2 rings (SSSR count). The Morgan fingerprint density at radius 2 is 2.15 bits per heavy atom. The molecular weight excluding hydrogens is 318 g/mol. The van der Waals surface area contributed by atoms with Gasteiger partial charge in [0.05, 0.1) is 0 Å². The molecule has 0 aliphatic carbocycles. The predicted octanol–water partition coefficient (Wildman–Crippen LogP) is 2.88. The number of halogens is 1. The molecule has 1 N–H and O–H groups in total. The Hall–Kier alpha value is -1.14. The van der Waals surface area contributed by atoms with Gasteiger partial charge < -0.3 is 14.6 Å². The lowest BCUT2D eigenvalue weighted by molar-refractivity contribution is 0.356. The van der Waals surface area contributed by atoms with Gasteiger partial charge in [-0.3, -0.25) is 0 Å². The van der Waals surface area contributed by atoms with Gasteiger partial charge in [0, 0.05) is 31.2 Å². The van der Waals surface area contributed by atoms with Crippen molar-refractivity contribution in [2.24, 2.45) is 5.92 Å². The third-order valence-electron chi connectivity index (χ3n) is 3.03. The largest absolute Gasteiger partial charge is 0.363 e. The van der Waals surface area contributed by atoms with Gasteiger partial charge in [-0.15, -0.1) is 0 Å². The number of hydrogen-bond acceptors (Lipinski definition) is 4. The Morgan fingerprint density at radius 1 is 1.40 bits per heavy atom. The minimum atomic E-state index is 0.354. The number of hydrogen-bond donors (Lipinski definition) is 1. The second-order valence-corrected chi connectivity index (χ2v) is 6.62. The molecule has 0 saturated carbocycles. The van der Waals surface area contributed by atoms with E-state index in [0.717, 1.165) is 29.0 Å². The molecule has 20 heavy (non-hydrogen) atoms. The van der Waals surface area contributed by atoms with Crippen LogP contribution in [0.5, 0.6) is 0 Å². The Balaban J connectivity index is 2.25. The maximum atomic E-state index is 4.53. The summed E-state index contributed by atoms with van der Waals surface area (Å²) in [5.74, 6) is 1.47. The van der Waals surface area contributed by atoms with Crippen LogP contribution in [0.25, 0.3) is 5.65 Å². The first-order valence-electron chi connectivity index (χ1n) is 6.86. The van der Waals surface area contributed by atoms with E-state index in [1.54, 1.807) is 6.20 Å². The molecule has 0 aromatic carbocycles. The van der Waals surface area contributed by atoms with Crippen LogP contribution >= 0.6 is 15.9 Å². The molecule has 0 fully saturated rings. The third-order valence-corrected chi connectivity index (χ3v) is 3.41. The van der Waals surface area contributed by atoms with E-state index in [1.165, 1.54) is 0 Å². The van der Waals surface area contributed by atoms with Crippen LogP contribution in [-0.4, -0.2) is 46.0 Å². The lowest BCUT2D eigenvalue weighted by atomic mass is 10.0. The highest BCUT2D eigenvalue weighted by atomic mass is 79.9. The molecular formula is C14H22BrN5. The third kappa shape index (κ3) is 3.93. The Morgan fingerprint density at radius 3 is 2.80 bits per heavy atom. The Kier molecular flexibility index (Phi) is 4.99. The molecule has 2 heterocycles. The Labute approximate surface area is 128 Å². The molecule has 2 aromatic heterocycles. The van der Waals surface area contributed by atoms with Crippen LogP contribution in [-0.2, 0) is 0 Å². The van der Waals surface area contributed by atoms with E-state index in [-0.39, 0.29) is 0 Å². The fraction of sp³-hybridized carbons (Fsp3) is 0.571. The van der Waals surface area contributed by atoms with Crippen molar-refractivity contribution in [1.82, 2.24) is 19.3 Å². The van der Waals surface area contributed by atoms with Crippen LogP contribution in [0.2, 0.25) is 0 Å². The summed E-state index contributed by atoms with van der Waals surface area (Å²) in [7, 11) is 4.18. The van der Waals surface area contributed by atoms with E-state index in [2.05, 4.69) is 64.1 Å². The first-order chi connectivity index (χ1) is 9.45. The van der Waals surface area contributed by atoms with Crippen molar-refractivity contribution in [3.8, 4) is 0 Å². The first-order valence-corrected chi connectivity index (χ1v) is 7.65. The molecule has 6 heteroatoms. The molecule has 1 unspecified atom stereocenters. The van der Waals surface area contributed by atoms with Crippen LogP contribution < -0.4 is 5.32 Å². The first kappa shape index (κ1) is 15.3. The molecule has 0 aliphatic rings. The summed E-state index contributed by atoms with van der Waals surface area (Å²) in [4.78, 5) is 11.1. The molecule has 2 aromatic rings. The van der Waals surface area contributed by atoms with E-state index < -0.39 is 0 Å². The number of imidazole rings is 1. The molecule has 0 bridgehead atoms. The van der Waals surface area contributed by atoms with Crippen LogP contribution in [0.4, 0.5) is 5.82 Å². The molecule has 0 aliphatic heterocycles. The summed E-state index contributed by atoms with van der Waals surface area (Å²) < 4.78 is 2.78. The zero-order valence-corrected chi connectivity index (χ0v) is 14.1. The van der Waals surface area contributed by atoms with Crippen molar-refractivity contribution < 1.29 is 0 Å². The molecule has 5 nitrogen and oxygen atoms in total. The van der Waals surface area contributed by atoms with Crippen LogP contribution in [0, 0.1) is 5.92 Å². The van der Waals surface area contributed by atoms with E-state index >= 15 is 0 Å². The number of fused-ring (bicyclic) bond motifs is 1. The van der Waals surface area contributed by atoms with Crippen LogP contribution in [0.3, 0.4) is 0 Å². The van der Waals surface area contributed by atoms with Crippen molar-refractivity contribution in [1.29, 1.82) is 0 Å². The second kappa shape index (κ2) is 6.54. The lowest BCUT2D eigenvalue weighted by Gasteiger charge is -2.24. The van der Waals surface area contributed by atoms with Gasteiger partial charge in [-0.25, -0.2) is 9.97 Å². The van der Waals surface area contributed by atoms with E-state index in [9.17, 15) is 0 Å². The summed E-state index contributed by atoms with van der Waals surface area (Å²) >= 11 is 3.45. The summed E-state index contributed by atoms with van der Waals surface area (Å²) in [5.41, 5.74) is 0.862. The van der Waals surface area contributed by atoms with E-state index in [0.29, 0.717) is 12.0 Å². The van der Waals surface area contributed by atoms with Gasteiger partial charge in [-0.1, -0.05) is 13.8 Å². The van der Waals surface area contributed by atoms with E-state index in [4.69, 9.17) is 0 Å². The second-order valence-electron chi connectivity index (χ2n) is 5.80. The highest BCUT2D eigenvalue weighted by Crippen LogP contribution is 2.19. The Bertz CT molecular complexity index is 554. The molecule has 1 atom stereocenters. The topological polar surface area (TPSA) is 45.5 Å². The minimum absolute atomic E-state index is 0.354. The fourth-order valence-corrected chi connectivity index (χ4v) is 2.78. The average molecular weight is 340 g/mol. The molecule has 0 saturated heterocycles. The zero-order valence-electron chi connectivity index (χ0n) is 12.5. The van der Waals surface area contributed by atoms with Crippen LogP contribution in [0.15, 0.2) is 23.2 Å². The minimum Gasteiger partial charge on any atom is -0.363 e. The SMILES string of the molecule is CC(C)CC(CN(C)C)Nc1nc(Br)cn2ccnc12. The molecule has 110 valence electrons. The van der Waals surface area contributed by atoms with Crippen molar-refractivity contribution in [3.05, 3.63) is 23.2 Å². The smallest absolute Gasteiger partial charge is 0.180 e. The molecule has 0 spiro atoms. The average Bonchev–Trinajstić information content (AvgIpc) is 2.74. The van der Waals surface area contributed by atoms with Gasteiger partial charge in [0.2, 0.25) is 0 Å². The van der Waals surface area contributed by atoms with Gasteiger partial charge in [0.25, 0.3) is 0 Å². The van der Waals surface area contributed by atoms with Gasteiger partial charge in [-0.05, 0) is 42.4 Å². The molecule has 0 radical (unpaired) electrons. The van der Waals surface area contributed by atoms with Crippen LogP contribution in [0.1, 0.15) is 20.3 Å². The monoisotopic (exact) mass is 339 g/mol. The number of likely N-dealkylation sites (N-methyl/N-ethyl adjacent to an activating group) is 1.